The van der Waals surface area contributed by atoms with E-state index in [0.717, 1.165) is 83.1 Å². The summed E-state index contributed by atoms with van der Waals surface area (Å²) in [5.41, 5.74) is 14.2. The van der Waals surface area contributed by atoms with Gasteiger partial charge >= 0.3 is 0 Å². The molecule has 0 bridgehead atoms. The first-order valence-corrected chi connectivity index (χ1v) is 17.8. The fourth-order valence-corrected chi connectivity index (χ4v) is 8.18. The predicted molar refractivity (Wildman–Crippen MR) is 206 cm³/mol. The van der Waals surface area contributed by atoms with Crippen LogP contribution in [0.25, 0.3) is 45.4 Å². The molecule has 3 aliphatic carbocycles. The number of nitrogens with zero attached hydrogens (tertiary/aromatic N) is 3. The minimum atomic E-state index is -0.237. The zero-order valence-corrected chi connectivity index (χ0v) is 27.8. The molecule has 5 nitrogen and oxygen atoms in total. The van der Waals surface area contributed by atoms with Gasteiger partial charge in [-0.25, -0.2) is 9.98 Å². The van der Waals surface area contributed by atoms with Gasteiger partial charge < -0.3 is 14.3 Å². The number of hydrogen-bond acceptors (Lipinski definition) is 4. The number of nitrogens with one attached hydrogen (secondary N) is 1. The van der Waals surface area contributed by atoms with E-state index in [9.17, 15) is 0 Å². The van der Waals surface area contributed by atoms with E-state index in [0.29, 0.717) is 5.84 Å². The van der Waals surface area contributed by atoms with Crippen LogP contribution in [-0.2, 0) is 12.8 Å². The lowest BCUT2D eigenvalue weighted by atomic mass is 9.89. The van der Waals surface area contributed by atoms with Crippen LogP contribution in [0.2, 0.25) is 0 Å². The topological polar surface area (TPSA) is 54.8 Å². The lowest BCUT2D eigenvalue weighted by Gasteiger charge is -2.25. The van der Waals surface area contributed by atoms with E-state index in [-0.39, 0.29) is 6.17 Å². The maximum absolute atomic E-state index is 6.67. The van der Waals surface area contributed by atoms with Crippen LogP contribution in [0.4, 0.5) is 0 Å². The Balaban J connectivity index is 1.22. The Morgan fingerprint density at radius 3 is 2.30 bits per heavy atom. The third-order valence-electron chi connectivity index (χ3n) is 10.5. The van der Waals surface area contributed by atoms with Crippen LogP contribution in [-0.4, -0.2) is 22.4 Å². The molecule has 1 atom stereocenters. The second-order valence-corrected chi connectivity index (χ2v) is 13.5. The molecule has 10 rings (SSSR count). The van der Waals surface area contributed by atoms with E-state index in [2.05, 4.69) is 137 Å². The van der Waals surface area contributed by atoms with Crippen molar-refractivity contribution in [2.24, 2.45) is 9.98 Å². The lowest BCUT2D eigenvalue weighted by Crippen LogP contribution is -2.40. The Bertz CT molecular complexity index is 2500. The highest BCUT2D eigenvalue weighted by molar-refractivity contribution is 6.23. The molecule has 6 aromatic rings. The average Bonchev–Trinajstić information content (AvgIpc) is 3.74. The number of aromatic nitrogens is 1. The van der Waals surface area contributed by atoms with Crippen molar-refractivity contribution in [3.8, 4) is 5.69 Å². The first kappa shape index (κ1) is 29.0. The second-order valence-electron chi connectivity index (χ2n) is 13.5. The summed E-state index contributed by atoms with van der Waals surface area (Å²) in [4.78, 5) is 10.5. The molecule has 4 aromatic carbocycles. The van der Waals surface area contributed by atoms with Crippen LogP contribution >= 0.6 is 0 Å². The fraction of sp³-hybridized carbons (Fsp3) is 0.156. The molecule has 242 valence electrons. The number of benzene rings is 4. The molecule has 50 heavy (non-hydrogen) atoms. The Kier molecular flexibility index (Phi) is 6.90. The summed E-state index contributed by atoms with van der Waals surface area (Å²) < 4.78 is 9.21. The van der Waals surface area contributed by atoms with Crippen molar-refractivity contribution in [3.63, 3.8) is 0 Å². The Hall–Kier alpha value is -5.94. The predicted octanol–water partition coefficient (Wildman–Crippen LogP) is 10.2. The summed E-state index contributed by atoms with van der Waals surface area (Å²) in [5, 5.41) is 5.79. The molecule has 1 aliphatic heterocycles. The van der Waals surface area contributed by atoms with Crippen molar-refractivity contribution in [1.82, 2.24) is 9.88 Å². The number of amidine groups is 2. The van der Waals surface area contributed by atoms with E-state index in [1.54, 1.807) is 0 Å². The van der Waals surface area contributed by atoms with Crippen LogP contribution in [0, 0.1) is 0 Å². The first-order valence-electron chi connectivity index (χ1n) is 17.8. The highest BCUT2D eigenvalue weighted by Gasteiger charge is 2.29. The molecule has 2 aromatic heterocycles. The fourth-order valence-electron chi connectivity index (χ4n) is 8.18. The molecule has 3 heterocycles. The summed E-state index contributed by atoms with van der Waals surface area (Å²) in [7, 11) is 0. The third-order valence-corrected chi connectivity index (χ3v) is 10.5. The van der Waals surface area contributed by atoms with E-state index >= 15 is 0 Å². The van der Waals surface area contributed by atoms with Gasteiger partial charge in [-0.05, 0) is 90.6 Å². The Morgan fingerprint density at radius 1 is 0.700 bits per heavy atom. The normalized spacial score (nSPS) is 18.2. The molecule has 0 amide bonds. The average molecular weight is 649 g/mol. The lowest BCUT2D eigenvalue weighted by molar-refractivity contribution is 0.668. The molecule has 5 heteroatoms. The van der Waals surface area contributed by atoms with Gasteiger partial charge in [-0.15, -0.1) is 0 Å². The molecule has 1 N–H and O–H groups in total. The van der Waals surface area contributed by atoms with Crippen LogP contribution < -0.4 is 5.32 Å². The molecule has 0 saturated heterocycles. The highest BCUT2D eigenvalue weighted by Crippen LogP contribution is 2.43. The summed E-state index contributed by atoms with van der Waals surface area (Å²) in [5.74, 6) is 1.53. The van der Waals surface area contributed by atoms with Crippen LogP contribution in [0.15, 0.2) is 141 Å². The van der Waals surface area contributed by atoms with Gasteiger partial charge in [-0.1, -0.05) is 109 Å². The van der Waals surface area contributed by atoms with Gasteiger partial charge in [0.25, 0.3) is 0 Å². The first-order chi connectivity index (χ1) is 24.8. The molecular weight excluding hydrogens is 613 g/mol. The summed E-state index contributed by atoms with van der Waals surface area (Å²) in [6.45, 7) is 0. The molecule has 1 unspecified atom stereocenters. The second kappa shape index (κ2) is 11.9. The smallest absolute Gasteiger partial charge is 0.160 e. The largest absolute Gasteiger partial charge is 0.456 e. The maximum Gasteiger partial charge on any atom is 0.160 e. The summed E-state index contributed by atoms with van der Waals surface area (Å²) in [6, 6.07) is 34.0. The van der Waals surface area contributed by atoms with E-state index < -0.39 is 0 Å². The van der Waals surface area contributed by atoms with Gasteiger partial charge in [0.05, 0.1) is 16.8 Å². The zero-order valence-electron chi connectivity index (χ0n) is 27.8. The molecule has 0 spiro atoms. The number of fused-ring (bicyclic) bond motifs is 6. The standard InChI is InChI=1S/C45H36N4O/c1-4-14-29(15-5-1)32-26-27-34-33-20-10-11-22-36(33)49(38(34)28-32)37-23-13-25-40-42(37)41-35(21-12-24-39(41)50-40)45-47-43(30-16-6-2-7-17-30)46-44(48-45)31-18-8-3-9-19-31/h1-2,4-8,10,12-21,23-25,28,44H,3,9,11,22,26-27H2,(H,46,47,48). The minimum Gasteiger partial charge on any atom is -0.456 e. The molecule has 0 saturated carbocycles. The van der Waals surface area contributed by atoms with Gasteiger partial charge in [0.15, 0.2) is 5.84 Å². The van der Waals surface area contributed by atoms with Gasteiger partial charge in [0, 0.05) is 22.2 Å². The Labute approximate surface area is 291 Å². The molecule has 4 aliphatic rings. The van der Waals surface area contributed by atoms with Crippen LogP contribution in [0.1, 0.15) is 64.9 Å². The summed E-state index contributed by atoms with van der Waals surface area (Å²) >= 11 is 0. The van der Waals surface area contributed by atoms with Gasteiger partial charge in [0.1, 0.15) is 23.2 Å². The minimum absolute atomic E-state index is 0.237. The van der Waals surface area contributed by atoms with Crippen molar-refractivity contribution in [2.45, 2.75) is 44.7 Å². The zero-order chi connectivity index (χ0) is 33.0. The molecule has 0 fully saturated rings. The van der Waals surface area contributed by atoms with E-state index in [1.807, 2.05) is 6.07 Å². The van der Waals surface area contributed by atoms with Crippen molar-refractivity contribution in [1.29, 1.82) is 0 Å². The third kappa shape index (κ3) is 4.76. The van der Waals surface area contributed by atoms with Crippen LogP contribution in [0.3, 0.4) is 0 Å². The van der Waals surface area contributed by atoms with Crippen molar-refractivity contribution >= 4 is 51.3 Å². The van der Waals surface area contributed by atoms with Crippen LogP contribution in [0.5, 0.6) is 0 Å². The Morgan fingerprint density at radius 2 is 1.48 bits per heavy atom. The van der Waals surface area contributed by atoms with E-state index in [4.69, 9.17) is 14.4 Å². The number of rotatable bonds is 5. The molecule has 0 radical (unpaired) electrons. The van der Waals surface area contributed by atoms with Crippen molar-refractivity contribution in [2.75, 3.05) is 0 Å². The monoisotopic (exact) mass is 648 g/mol. The van der Waals surface area contributed by atoms with Crippen molar-refractivity contribution in [3.05, 3.63) is 166 Å². The van der Waals surface area contributed by atoms with E-state index in [1.165, 1.54) is 39.2 Å². The van der Waals surface area contributed by atoms with Gasteiger partial charge in [-0.2, -0.15) is 0 Å². The number of furan rings is 1. The van der Waals surface area contributed by atoms with Gasteiger partial charge in [-0.3, -0.25) is 0 Å². The number of aliphatic imine (C=N–C) groups is 2. The van der Waals surface area contributed by atoms with Gasteiger partial charge in [0.2, 0.25) is 0 Å². The summed E-state index contributed by atoms with van der Waals surface area (Å²) in [6.07, 6.45) is 19.8. The highest BCUT2D eigenvalue weighted by atomic mass is 16.3. The number of hydrogen-bond donors (Lipinski definition) is 1. The molecular formula is C45H36N4O. The number of allylic oxidation sites excluding steroid dienone is 4. The SMILES string of the molecule is C1=CC(C2N=C(c3cccc4oc5cccc(-n6c7c(c8c6CCC=C8)CCC(c6ccccc6)=C7)c5c34)N=C(c3ccccc3)N2)=CCC1. The van der Waals surface area contributed by atoms with Crippen molar-refractivity contribution < 1.29 is 4.42 Å². The quantitative estimate of drug-likeness (QED) is 0.202. The maximum atomic E-state index is 6.67.